The van der Waals surface area contributed by atoms with Gasteiger partial charge in [-0.1, -0.05) is 37.8 Å². The van der Waals surface area contributed by atoms with Gasteiger partial charge < -0.3 is 20.1 Å². The van der Waals surface area contributed by atoms with Gasteiger partial charge in [0.2, 0.25) is 0 Å². The summed E-state index contributed by atoms with van der Waals surface area (Å²) in [4.78, 5) is 52.8. The Balaban J connectivity index is 1.22. The van der Waals surface area contributed by atoms with E-state index in [0.717, 1.165) is 17.6 Å². The highest BCUT2D eigenvalue weighted by molar-refractivity contribution is 6.76. The Bertz CT molecular complexity index is 2050. The second-order valence-electron chi connectivity index (χ2n) is 16.6. The Hall–Kier alpha value is -4.63. The fourth-order valence-corrected chi connectivity index (χ4v) is 8.68. The maximum Gasteiger partial charge on any atom is 0.408 e. The molecule has 4 heterocycles. The van der Waals surface area contributed by atoms with Crippen molar-refractivity contribution in [2.24, 2.45) is 0 Å². The molecule has 1 fully saturated rings. The van der Waals surface area contributed by atoms with Crippen LogP contribution in [0, 0.1) is 11.6 Å². The second kappa shape index (κ2) is 15.6. The second-order valence-corrected chi connectivity index (χ2v) is 22.2. The maximum atomic E-state index is 15.5. The minimum Gasteiger partial charge on any atom is -0.465 e. The topological polar surface area (TPSA) is 135 Å². The van der Waals surface area contributed by atoms with Gasteiger partial charge in [0.1, 0.15) is 6.73 Å². The summed E-state index contributed by atoms with van der Waals surface area (Å²) in [6.45, 7) is 13.6. The van der Waals surface area contributed by atoms with Gasteiger partial charge in [-0.25, -0.2) is 28.1 Å². The van der Waals surface area contributed by atoms with Crippen LogP contribution in [0.5, 0.6) is 0 Å². The molecule has 0 unspecified atom stereocenters. The molecule has 2 aliphatic rings. The van der Waals surface area contributed by atoms with Gasteiger partial charge in [0.05, 0.1) is 23.3 Å². The van der Waals surface area contributed by atoms with Crippen molar-refractivity contribution in [1.29, 1.82) is 0 Å². The van der Waals surface area contributed by atoms with Crippen molar-refractivity contribution in [3.63, 3.8) is 0 Å². The number of rotatable bonds is 9. The van der Waals surface area contributed by atoms with Crippen molar-refractivity contribution < 1.29 is 28.2 Å². The summed E-state index contributed by atoms with van der Waals surface area (Å²) >= 11 is 0. The van der Waals surface area contributed by atoms with E-state index in [-0.39, 0.29) is 36.5 Å². The van der Waals surface area contributed by atoms with E-state index in [4.69, 9.17) is 4.74 Å². The van der Waals surface area contributed by atoms with Crippen LogP contribution in [0.25, 0.3) is 11.2 Å². The lowest BCUT2D eigenvalue weighted by Crippen LogP contribution is -2.49. The number of fused-ring (bicyclic) bond motifs is 2. The summed E-state index contributed by atoms with van der Waals surface area (Å²) in [7, 11) is -1.30. The Morgan fingerprint density at radius 2 is 1.67 bits per heavy atom. The molecule has 1 aliphatic carbocycles. The van der Waals surface area contributed by atoms with Crippen LogP contribution in [0.3, 0.4) is 0 Å². The minimum atomic E-state index is -1.30. The zero-order chi connectivity index (χ0) is 38.9. The van der Waals surface area contributed by atoms with Crippen LogP contribution in [0.4, 0.5) is 18.4 Å². The monoisotopic (exact) mass is 763 g/mol. The number of nitrogens with one attached hydrogen (secondary N) is 1. The number of carbonyl (C=O) groups is 2. The molecule has 6 rings (SSSR count). The fourth-order valence-electron chi connectivity index (χ4n) is 7.92. The molecule has 3 amide bonds. The number of imidazole rings is 1. The fraction of sp³-hybridized carbons (Fsp3) is 0.513. The van der Waals surface area contributed by atoms with E-state index in [1.165, 1.54) is 17.0 Å². The molecule has 12 nitrogen and oxygen atoms in total. The zero-order valence-corrected chi connectivity index (χ0v) is 32.9. The molecule has 290 valence electrons. The number of halogens is 2. The van der Waals surface area contributed by atoms with Gasteiger partial charge in [-0.3, -0.25) is 19.0 Å². The Morgan fingerprint density at radius 3 is 2.35 bits per heavy atom. The quantitative estimate of drug-likeness (QED) is 0.102. The lowest BCUT2D eigenvalue weighted by molar-refractivity contribution is 0.0585. The number of benzene rings is 1. The number of pyridine rings is 2. The number of urea groups is 1. The Morgan fingerprint density at radius 1 is 0.981 bits per heavy atom. The van der Waals surface area contributed by atoms with Crippen LogP contribution in [-0.2, 0) is 11.5 Å². The first-order valence-corrected chi connectivity index (χ1v) is 22.4. The molecular formula is C39H51F2N7O5Si. The third kappa shape index (κ3) is 8.07. The number of hydrogen-bond acceptors (Lipinski definition) is 6. The summed E-state index contributed by atoms with van der Waals surface area (Å²) in [6, 6.07) is 10.1. The molecule has 4 aromatic rings. The highest BCUT2D eigenvalue weighted by atomic mass is 28.3. The van der Waals surface area contributed by atoms with E-state index in [1.54, 1.807) is 59.3 Å². The average Bonchev–Trinajstić information content (AvgIpc) is 3.30. The normalized spacial score (nSPS) is 19.7. The molecule has 1 aromatic carbocycles. The van der Waals surface area contributed by atoms with Crippen molar-refractivity contribution in [3.8, 4) is 0 Å². The van der Waals surface area contributed by atoms with E-state index in [0.29, 0.717) is 55.9 Å². The van der Waals surface area contributed by atoms with Crippen molar-refractivity contribution in [1.82, 2.24) is 34.2 Å². The van der Waals surface area contributed by atoms with Crippen LogP contribution < -0.4 is 11.0 Å². The Kier molecular flexibility index (Phi) is 11.3. The van der Waals surface area contributed by atoms with E-state index in [9.17, 15) is 23.9 Å². The number of piperidine rings is 1. The lowest BCUT2D eigenvalue weighted by atomic mass is 9.82. The number of likely N-dealkylation sites (tertiary alicyclic amines) is 1. The summed E-state index contributed by atoms with van der Waals surface area (Å²) < 4.78 is 39.4. The number of carbonyl (C=O) groups excluding carboxylic acids is 1. The van der Waals surface area contributed by atoms with Gasteiger partial charge in [-0.15, -0.1) is 0 Å². The van der Waals surface area contributed by atoms with Crippen molar-refractivity contribution in [2.75, 3.05) is 19.7 Å². The molecular weight excluding hydrogens is 713 g/mol. The highest BCUT2D eigenvalue weighted by Crippen LogP contribution is 2.48. The molecule has 3 atom stereocenters. The van der Waals surface area contributed by atoms with E-state index in [1.807, 2.05) is 12.1 Å². The van der Waals surface area contributed by atoms with Crippen molar-refractivity contribution >= 4 is 31.4 Å². The third-order valence-electron chi connectivity index (χ3n) is 10.6. The molecule has 54 heavy (non-hydrogen) atoms. The number of carboxylic acid groups (broad SMARTS) is 1. The number of amides is 3. The number of nitrogens with zero attached hydrogens (tertiary/aromatic N) is 6. The van der Waals surface area contributed by atoms with E-state index < -0.39 is 49.3 Å². The third-order valence-corrected chi connectivity index (χ3v) is 12.3. The van der Waals surface area contributed by atoms with Gasteiger partial charge in [0.25, 0.3) is 0 Å². The summed E-state index contributed by atoms with van der Waals surface area (Å²) in [6.07, 6.45) is 3.69. The predicted molar refractivity (Wildman–Crippen MR) is 204 cm³/mol. The molecule has 0 saturated carbocycles. The Labute approximate surface area is 315 Å². The van der Waals surface area contributed by atoms with Crippen molar-refractivity contribution in [2.45, 2.75) is 108 Å². The average molecular weight is 764 g/mol. The molecule has 0 bridgehead atoms. The molecule has 0 radical (unpaired) electrons. The van der Waals surface area contributed by atoms with Crippen LogP contribution >= 0.6 is 0 Å². The van der Waals surface area contributed by atoms with Crippen molar-refractivity contribution in [3.05, 3.63) is 93.8 Å². The van der Waals surface area contributed by atoms with Crippen LogP contribution in [0.15, 0.2) is 59.7 Å². The molecule has 2 N–H and O–H groups in total. The lowest BCUT2D eigenvalue weighted by Gasteiger charge is -2.43. The van der Waals surface area contributed by atoms with Gasteiger partial charge in [-0.05, 0) is 87.9 Å². The first kappa shape index (κ1) is 39.1. The summed E-state index contributed by atoms with van der Waals surface area (Å²) in [5.41, 5.74) is 1.28. The van der Waals surface area contributed by atoms with Crippen LogP contribution in [0.1, 0.15) is 87.3 Å². The first-order chi connectivity index (χ1) is 25.6. The predicted octanol–water partition coefficient (Wildman–Crippen LogP) is 7.67. The number of ether oxygens (including phenoxy) is 1. The number of aromatic nitrogens is 4. The molecule has 1 saturated heterocycles. The molecule has 3 aromatic heterocycles. The molecule has 0 spiro atoms. The highest BCUT2D eigenvalue weighted by Gasteiger charge is 2.44. The number of hydrogen-bond donors (Lipinski definition) is 2. The first-order valence-electron chi connectivity index (χ1n) is 18.7. The molecule has 15 heteroatoms. The SMILES string of the molecule is CC(C)(C)N(C(=O)O)[C@@H]1c2cccnc2[C@H](NC(=O)N2CCC(n3c(=O)n(COCC[Si](C)(C)C)c4ncccc43)CC2)CC[C@H]1c1cccc(F)c1F. The summed E-state index contributed by atoms with van der Waals surface area (Å²) in [5, 5.41) is 13.7. The zero-order valence-electron chi connectivity index (χ0n) is 31.9. The standard InChI is InChI=1S/C39H51F2N7O5Si/c1-39(2,3)48(38(51)52)34-27(26-10-7-12-29(40)32(26)41)14-15-30(33-28(34)11-8-18-42-33)44-36(49)45-20-16-25(17-21-45)47-31-13-9-19-43-35(31)46(37(47)50)24-53-22-23-54(4,5)6/h7-13,18-19,25,27,30,34H,14-17,20-24H2,1-6H3,(H,44,49)(H,51,52)/t27-,30+,34-/m0/s1. The summed E-state index contributed by atoms with van der Waals surface area (Å²) in [5.74, 6) is -2.80. The largest absolute Gasteiger partial charge is 0.465 e. The van der Waals surface area contributed by atoms with Crippen LogP contribution in [0.2, 0.25) is 25.7 Å². The molecule has 1 aliphatic heterocycles. The van der Waals surface area contributed by atoms with Gasteiger partial charge in [0.15, 0.2) is 17.3 Å². The van der Waals surface area contributed by atoms with Crippen LogP contribution in [-0.4, -0.2) is 79.4 Å². The van der Waals surface area contributed by atoms with E-state index >= 15 is 4.39 Å². The maximum absolute atomic E-state index is 15.5. The smallest absolute Gasteiger partial charge is 0.408 e. The van der Waals surface area contributed by atoms with Gasteiger partial charge in [-0.2, -0.15) is 0 Å². The minimum absolute atomic E-state index is 0.0734. The van der Waals surface area contributed by atoms with Gasteiger partial charge >= 0.3 is 17.8 Å². The van der Waals surface area contributed by atoms with E-state index in [2.05, 4.69) is 34.9 Å². The van der Waals surface area contributed by atoms with Gasteiger partial charge in [0, 0.05) is 57.7 Å².